The van der Waals surface area contributed by atoms with Gasteiger partial charge in [-0.05, 0) is 69.2 Å². The number of aliphatic hydroxyl groups is 3. The molecule has 3 fully saturated rings. The molecule has 0 aromatic heterocycles. The fourth-order valence-corrected chi connectivity index (χ4v) is 7.05. The van der Waals surface area contributed by atoms with Gasteiger partial charge in [0, 0.05) is 18.5 Å². The highest BCUT2D eigenvalue weighted by Crippen LogP contribution is 2.65. The first-order valence-electron chi connectivity index (χ1n) is 10.8. The van der Waals surface area contributed by atoms with Crippen molar-refractivity contribution < 1.29 is 15.3 Å². The maximum Gasteiger partial charge on any atom is 0.0833 e. The summed E-state index contributed by atoms with van der Waals surface area (Å²) in [6.45, 7) is 6.11. The van der Waals surface area contributed by atoms with E-state index < -0.39 is 5.60 Å². The van der Waals surface area contributed by atoms with Crippen LogP contribution in [0.1, 0.15) is 58.8 Å². The van der Waals surface area contributed by atoms with Crippen LogP contribution in [0.2, 0.25) is 0 Å². The van der Waals surface area contributed by atoms with E-state index in [0.29, 0.717) is 24.9 Å². The van der Waals surface area contributed by atoms with E-state index in [1.807, 2.05) is 7.05 Å². The van der Waals surface area contributed by atoms with Gasteiger partial charge in [0.25, 0.3) is 0 Å². The Kier molecular flexibility index (Phi) is 4.86. The van der Waals surface area contributed by atoms with E-state index in [1.54, 1.807) is 5.57 Å². The Bertz CT molecular complexity index is 658. The number of aliphatic hydroxyl groups excluding tert-OH is 2. The van der Waals surface area contributed by atoms with Gasteiger partial charge in [-0.3, -0.25) is 0 Å². The summed E-state index contributed by atoms with van der Waals surface area (Å²) in [5.41, 5.74) is 2.43. The lowest BCUT2D eigenvalue weighted by molar-refractivity contribution is -0.0998. The normalized spacial score (nSPS) is 46.4. The van der Waals surface area contributed by atoms with E-state index in [-0.39, 0.29) is 23.5 Å². The van der Waals surface area contributed by atoms with Crippen LogP contribution in [0.5, 0.6) is 0 Å². The lowest BCUT2D eigenvalue weighted by Gasteiger charge is -2.56. The molecule has 4 rings (SSSR count). The molecule has 0 heterocycles. The molecule has 4 nitrogen and oxygen atoms in total. The maximum absolute atomic E-state index is 11.7. The Hall–Kier alpha value is -0.680. The van der Waals surface area contributed by atoms with E-state index >= 15 is 0 Å². The molecule has 0 unspecified atom stereocenters. The molecule has 0 aromatic carbocycles. The molecule has 0 saturated heterocycles. The zero-order chi connectivity index (χ0) is 19.4. The van der Waals surface area contributed by atoms with Gasteiger partial charge in [-0.15, -0.1) is 0 Å². The number of hydrogen-bond acceptors (Lipinski definition) is 4. The van der Waals surface area contributed by atoms with Gasteiger partial charge in [-0.25, -0.2) is 0 Å². The molecule has 4 aliphatic rings. The Morgan fingerprint density at radius 1 is 1.07 bits per heavy atom. The minimum Gasteiger partial charge on any atom is -0.395 e. The van der Waals surface area contributed by atoms with Gasteiger partial charge in [-0.2, -0.15) is 0 Å². The molecule has 6 atom stereocenters. The lowest BCUT2D eigenvalue weighted by Crippen LogP contribution is -2.55. The summed E-state index contributed by atoms with van der Waals surface area (Å²) in [5, 5.41) is 31.0. The lowest BCUT2D eigenvalue weighted by atomic mass is 9.50. The number of nitrogens with zero attached hydrogens (tertiary/aromatic N) is 1. The Morgan fingerprint density at radius 2 is 1.81 bits per heavy atom. The molecule has 0 spiro atoms. The molecule has 27 heavy (non-hydrogen) atoms. The molecule has 0 aromatic rings. The molecule has 4 heteroatoms. The first-order chi connectivity index (χ1) is 12.7. The van der Waals surface area contributed by atoms with Crippen molar-refractivity contribution in [1.29, 1.82) is 0 Å². The van der Waals surface area contributed by atoms with Crippen LogP contribution in [0.4, 0.5) is 0 Å². The van der Waals surface area contributed by atoms with Crippen molar-refractivity contribution in [3.05, 3.63) is 23.3 Å². The zero-order valence-electron chi connectivity index (χ0n) is 17.2. The monoisotopic (exact) mass is 375 g/mol. The molecule has 3 N–H and O–H groups in total. The highest BCUT2D eigenvalue weighted by atomic mass is 16.3. The predicted molar refractivity (Wildman–Crippen MR) is 107 cm³/mol. The summed E-state index contributed by atoms with van der Waals surface area (Å²) in [6, 6.07) is 0. The first kappa shape index (κ1) is 19.6. The van der Waals surface area contributed by atoms with Crippen molar-refractivity contribution in [2.45, 2.75) is 70.5 Å². The minimum atomic E-state index is -0.680. The van der Waals surface area contributed by atoms with Gasteiger partial charge in [0.15, 0.2) is 0 Å². The summed E-state index contributed by atoms with van der Waals surface area (Å²) >= 11 is 0. The number of rotatable bonds is 4. The predicted octanol–water partition coefficient (Wildman–Crippen LogP) is 2.89. The first-order valence-corrected chi connectivity index (χ1v) is 10.8. The largest absolute Gasteiger partial charge is 0.395 e. The SMILES string of the molecule is CN(CCO)C[C@]1(O)CC[C@H]2C3=CC=C4C[C@@H](O)CC[C@]4(C)[C@H]3CC[C@@]21C. The van der Waals surface area contributed by atoms with Crippen LogP contribution < -0.4 is 0 Å². The molecule has 3 saturated carbocycles. The van der Waals surface area contributed by atoms with Gasteiger partial charge < -0.3 is 20.2 Å². The second kappa shape index (κ2) is 6.69. The Balaban J connectivity index is 1.63. The minimum absolute atomic E-state index is 0.0884. The number of likely N-dealkylation sites (N-methyl/N-ethyl adjacent to an activating group) is 1. The topological polar surface area (TPSA) is 63.9 Å². The molecule has 4 aliphatic carbocycles. The summed E-state index contributed by atoms with van der Waals surface area (Å²) in [7, 11) is 2.00. The van der Waals surface area contributed by atoms with E-state index in [0.717, 1.165) is 44.9 Å². The molecular formula is C23H37NO3. The van der Waals surface area contributed by atoms with Crippen molar-refractivity contribution in [2.75, 3.05) is 26.7 Å². The summed E-state index contributed by atoms with van der Waals surface area (Å²) in [4.78, 5) is 2.08. The van der Waals surface area contributed by atoms with Crippen molar-refractivity contribution in [2.24, 2.45) is 22.7 Å². The maximum atomic E-state index is 11.7. The van der Waals surface area contributed by atoms with E-state index in [1.165, 1.54) is 5.57 Å². The standard InChI is InChI=1S/C23H37NO3/c1-21-9-6-17(26)14-16(21)4-5-18-19(21)7-10-22(2)20(18)8-11-23(22,27)15-24(3)12-13-25/h4-5,17,19-20,25-27H,6-15H2,1-3H3/t17-,19-,20-,21-,22-,23+/m0/s1. The van der Waals surface area contributed by atoms with Crippen LogP contribution in [-0.2, 0) is 0 Å². The summed E-state index contributed by atoms with van der Waals surface area (Å²) in [5.74, 6) is 1.02. The van der Waals surface area contributed by atoms with E-state index in [4.69, 9.17) is 0 Å². The molecule has 0 bridgehead atoms. The highest BCUT2D eigenvalue weighted by molar-refractivity contribution is 5.39. The van der Waals surface area contributed by atoms with Crippen LogP contribution in [0, 0.1) is 22.7 Å². The fourth-order valence-electron chi connectivity index (χ4n) is 7.05. The Labute approximate surface area is 164 Å². The molecule has 152 valence electrons. The van der Waals surface area contributed by atoms with Crippen LogP contribution >= 0.6 is 0 Å². The van der Waals surface area contributed by atoms with Crippen LogP contribution in [-0.4, -0.2) is 58.7 Å². The number of hydrogen-bond donors (Lipinski definition) is 3. The van der Waals surface area contributed by atoms with Crippen LogP contribution in [0.3, 0.4) is 0 Å². The smallest absolute Gasteiger partial charge is 0.0833 e. The molecule has 0 aliphatic heterocycles. The quantitative estimate of drug-likeness (QED) is 0.707. The van der Waals surface area contributed by atoms with E-state index in [9.17, 15) is 15.3 Å². The third-order valence-corrected chi connectivity index (χ3v) is 8.88. The average molecular weight is 376 g/mol. The van der Waals surface area contributed by atoms with Crippen LogP contribution in [0.25, 0.3) is 0 Å². The number of fused-ring (bicyclic) bond motifs is 5. The van der Waals surface area contributed by atoms with Crippen molar-refractivity contribution in [3.63, 3.8) is 0 Å². The van der Waals surface area contributed by atoms with Gasteiger partial charge in [-0.1, -0.05) is 37.1 Å². The molecular weight excluding hydrogens is 338 g/mol. The number of allylic oxidation sites excluding steroid dienone is 3. The van der Waals surface area contributed by atoms with Crippen LogP contribution in [0.15, 0.2) is 23.3 Å². The average Bonchev–Trinajstić information content (AvgIpc) is 2.87. The van der Waals surface area contributed by atoms with Gasteiger partial charge in [0.05, 0.1) is 18.3 Å². The van der Waals surface area contributed by atoms with Crippen molar-refractivity contribution in [1.82, 2.24) is 4.90 Å². The van der Waals surface area contributed by atoms with Gasteiger partial charge in [0.2, 0.25) is 0 Å². The third kappa shape index (κ3) is 2.87. The van der Waals surface area contributed by atoms with Gasteiger partial charge >= 0.3 is 0 Å². The van der Waals surface area contributed by atoms with Gasteiger partial charge in [0.1, 0.15) is 0 Å². The van der Waals surface area contributed by atoms with Crippen molar-refractivity contribution in [3.8, 4) is 0 Å². The van der Waals surface area contributed by atoms with E-state index in [2.05, 4.69) is 30.9 Å². The summed E-state index contributed by atoms with van der Waals surface area (Å²) in [6.07, 6.45) is 11.4. The highest BCUT2D eigenvalue weighted by Gasteiger charge is 2.62. The fraction of sp³-hybridized carbons (Fsp3) is 0.826. The summed E-state index contributed by atoms with van der Waals surface area (Å²) < 4.78 is 0. The second-order valence-electron chi connectivity index (χ2n) is 10.3. The van der Waals surface area contributed by atoms with Crippen molar-refractivity contribution >= 4 is 0 Å². The second-order valence-corrected chi connectivity index (χ2v) is 10.3. The third-order valence-electron chi connectivity index (χ3n) is 8.88. The Morgan fingerprint density at radius 3 is 2.56 bits per heavy atom. The molecule has 0 amide bonds. The molecule has 0 radical (unpaired) electrons. The zero-order valence-corrected chi connectivity index (χ0v) is 17.2.